The number of nitro benzene ring substituents is 2. The zero-order valence-electron chi connectivity index (χ0n) is 40.9. The third-order valence-corrected chi connectivity index (χ3v) is 12.5. The van der Waals surface area contributed by atoms with Gasteiger partial charge < -0.3 is 0 Å². The molecule has 0 aliphatic heterocycles. The number of nitro groups is 2. The molecule has 13 heteroatoms. The lowest BCUT2D eigenvalue weighted by atomic mass is 9.98. The molecule has 0 radical (unpaired) electrons. The minimum absolute atomic E-state index is 0.0803. The van der Waals surface area contributed by atoms with Crippen LogP contribution in [0.4, 0.5) is 37.7 Å². The van der Waals surface area contributed by atoms with Crippen molar-refractivity contribution in [1.82, 2.24) is 0 Å². The van der Waals surface area contributed by atoms with Gasteiger partial charge in [-0.25, -0.2) is 26.3 Å². The topological polar surface area (TPSA) is 86.3 Å². The monoisotopic (exact) mass is 1080 g/mol. The number of hydrogen-bond acceptors (Lipinski definition) is 4. The molecule has 0 amide bonds. The highest BCUT2D eigenvalue weighted by Gasteiger charge is 2.18. The van der Waals surface area contributed by atoms with Crippen molar-refractivity contribution in [3.63, 3.8) is 0 Å². The normalized spacial score (nSPS) is 10.5. The number of nitrogens with zero attached hydrogens (tertiary/aromatic N) is 2. The fraction of sp³-hybridized carbons (Fsp3) is 0.161. The minimum Gasteiger partial charge on any atom is -0.258 e. The van der Waals surface area contributed by atoms with Gasteiger partial charge in [0.05, 0.1) is 32.1 Å². The number of halogens is 7. The van der Waals surface area contributed by atoms with Crippen LogP contribution in [-0.2, 0) is 12.8 Å². The Bertz CT molecular complexity index is 3420. The lowest BCUT2D eigenvalue weighted by molar-refractivity contribution is -0.384. The van der Waals surface area contributed by atoms with E-state index in [4.69, 9.17) is 6.42 Å². The molecule has 0 heterocycles. The maximum absolute atomic E-state index is 14.7. The molecule has 6 nitrogen and oxygen atoms in total. The van der Waals surface area contributed by atoms with E-state index in [1.807, 2.05) is 42.5 Å². The summed E-state index contributed by atoms with van der Waals surface area (Å²) in [7, 11) is 0. The Labute approximate surface area is 440 Å². The standard InChI is InChI=1S/C31H24F3NO2.C17H18BrNO2.C14H7F3/c1-2-3-4-5-21-6-10-23(11-7-21)27-16-9-22(18-31(27)35(36)37)8-12-24-13-14-25(19-29(24)33)26-15-17-28(32)30(34)20-26;1-2-3-4-5-13-6-8-14(9-7-13)16-11-10-15(18)12-17(16)19(20)21;1-2-9-3-4-10(7-13(9)16)11-5-6-12(15)14(17)8-11/h6-7,9-11,13-20H,2-5H2,1H3;6-12H,2-5H2,1H3;1,3-8H. The van der Waals surface area contributed by atoms with Gasteiger partial charge in [0, 0.05) is 22.2 Å². The van der Waals surface area contributed by atoms with Gasteiger partial charge in [-0.05, 0) is 143 Å². The molecule has 0 bridgehead atoms. The molecule has 8 aromatic carbocycles. The van der Waals surface area contributed by atoms with Gasteiger partial charge in [-0.1, -0.05) is 146 Å². The predicted octanol–water partition coefficient (Wildman–Crippen LogP) is 18.0. The van der Waals surface area contributed by atoms with E-state index in [1.54, 1.807) is 36.4 Å². The summed E-state index contributed by atoms with van der Waals surface area (Å²) < 4.78 is 81.2. The Hall–Kier alpha value is -8.26. The Kier molecular flexibility index (Phi) is 20.3. The highest BCUT2D eigenvalue weighted by molar-refractivity contribution is 9.10. The molecule has 0 N–H and O–H groups in total. The molecule has 0 fully saturated rings. The van der Waals surface area contributed by atoms with Gasteiger partial charge in [-0.2, -0.15) is 0 Å². The summed E-state index contributed by atoms with van der Waals surface area (Å²) in [5.41, 5.74) is 7.42. The fourth-order valence-corrected chi connectivity index (χ4v) is 8.21. The van der Waals surface area contributed by atoms with Crippen molar-refractivity contribution < 1.29 is 36.2 Å². The van der Waals surface area contributed by atoms with Crippen molar-refractivity contribution in [3.05, 3.63) is 245 Å². The van der Waals surface area contributed by atoms with Crippen LogP contribution in [0, 0.1) is 79.3 Å². The minimum atomic E-state index is -1.02. The van der Waals surface area contributed by atoms with Gasteiger partial charge in [0.15, 0.2) is 23.3 Å². The second-order valence-corrected chi connectivity index (χ2v) is 18.2. The van der Waals surface area contributed by atoms with Gasteiger partial charge in [0.2, 0.25) is 0 Å². The Morgan fingerprint density at radius 3 is 1.25 bits per heavy atom. The van der Waals surface area contributed by atoms with Crippen LogP contribution < -0.4 is 0 Å². The smallest absolute Gasteiger partial charge is 0.258 e. The Morgan fingerprint density at radius 1 is 0.440 bits per heavy atom. The van der Waals surface area contributed by atoms with E-state index in [0.717, 1.165) is 67.5 Å². The summed E-state index contributed by atoms with van der Waals surface area (Å²) in [6.07, 6.45) is 14.2. The second kappa shape index (κ2) is 27.2. The van der Waals surface area contributed by atoms with E-state index < -0.39 is 39.8 Å². The van der Waals surface area contributed by atoms with E-state index in [0.29, 0.717) is 43.4 Å². The maximum atomic E-state index is 14.7. The van der Waals surface area contributed by atoms with E-state index >= 15 is 0 Å². The molecule has 0 saturated carbocycles. The molecule has 0 aromatic heterocycles. The number of rotatable bonds is 14. The van der Waals surface area contributed by atoms with Crippen LogP contribution in [0.25, 0.3) is 44.5 Å². The Morgan fingerprint density at radius 2 is 0.840 bits per heavy atom. The molecule has 75 heavy (non-hydrogen) atoms. The number of aryl methyl sites for hydroxylation is 2. The van der Waals surface area contributed by atoms with Crippen molar-refractivity contribution in [2.24, 2.45) is 0 Å². The SMILES string of the molecule is C#Cc1ccc(-c2ccc(F)c(F)c2)cc1F.CCCCCc1ccc(-c2ccc(Br)cc2[N+](=O)[O-])cc1.CCCCCc1ccc(-c2ccc(C#Cc3ccc(-c4ccc(F)c(F)c4)cc3F)cc2[N+](=O)[O-])cc1. The first-order valence-corrected chi connectivity index (χ1v) is 24.8. The van der Waals surface area contributed by atoms with Gasteiger partial charge in [-0.3, -0.25) is 20.2 Å². The van der Waals surface area contributed by atoms with E-state index in [9.17, 15) is 46.6 Å². The van der Waals surface area contributed by atoms with Gasteiger partial charge in [0.1, 0.15) is 11.6 Å². The number of unbranched alkanes of at least 4 members (excludes halogenated alkanes) is 4. The quantitative estimate of drug-likeness (QED) is 0.0357. The van der Waals surface area contributed by atoms with Crippen molar-refractivity contribution in [3.8, 4) is 68.7 Å². The average molecular weight is 1080 g/mol. The highest BCUT2D eigenvalue weighted by Crippen LogP contribution is 2.34. The van der Waals surface area contributed by atoms with Crippen LogP contribution in [0.3, 0.4) is 0 Å². The Balaban J connectivity index is 0.000000202. The third kappa shape index (κ3) is 15.6. The van der Waals surface area contributed by atoms with Crippen LogP contribution >= 0.6 is 15.9 Å². The highest BCUT2D eigenvalue weighted by atomic mass is 79.9. The number of terminal acetylenes is 1. The molecule has 8 aromatic rings. The molecule has 0 unspecified atom stereocenters. The summed E-state index contributed by atoms with van der Waals surface area (Å²) in [4.78, 5) is 22.2. The molecular formula is C62H49BrF6N2O4. The van der Waals surface area contributed by atoms with Crippen molar-refractivity contribution in [1.29, 1.82) is 0 Å². The molecule has 0 spiro atoms. The van der Waals surface area contributed by atoms with Gasteiger partial charge in [-0.15, -0.1) is 6.42 Å². The van der Waals surface area contributed by atoms with Gasteiger partial charge in [0.25, 0.3) is 11.4 Å². The lowest BCUT2D eigenvalue weighted by Crippen LogP contribution is -1.94. The van der Waals surface area contributed by atoms with E-state index in [-0.39, 0.29) is 27.4 Å². The first-order chi connectivity index (χ1) is 36.1. The molecule has 0 aliphatic rings. The van der Waals surface area contributed by atoms with E-state index in [1.165, 1.54) is 72.9 Å². The average Bonchev–Trinajstić information content (AvgIpc) is 3.40. The summed E-state index contributed by atoms with van der Waals surface area (Å²) in [5.74, 6) is 2.57. The molecule has 0 atom stereocenters. The van der Waals surface area contributed by atoms with Crippen LogP contribution in [0.15, 0.2) is 162 Å². The summed E-state index contributed by atoms with van der Waals surface area (Å²) in [6, 6.07) is 40.8. The molecular weight excluding hydrogens is 1030 g/mol. The third-order valence-electron chi connectivity index (χ3n) is 12.0. The first kappa shape index (κ1) is 56.0. The van der Waals surface area contributed by atoms with Crippen molar-refractivity contribution in [2.45, 2.75) is 65.2 Å². The van der Waals surface area contributed by atoms with Crippen LogP contribution in [0.2, 0.25) is 0 Å². The number of hydrogen-bond donors (Lipinski definition) is 0. The zero-order chi connectivity index (χ0) is 54.0. The van der Waals surface area contributed by atoms with Crippen LogP contribution in [0.1, 0.15) is 80.2 Å². The lowest BCUT2D eigenvalue weighted by Gasteiger charge is -2.06. The molecule has 8 rings (SSSR count). The predicted molar refractivity (Wildman–Crippen MR) is 289 cm³/mol. The second-order valence-electron chi connectivity index (χ2n) is 17.3. The van der Waals surface area contributed by atoms with Crippen molar-refractivity contribution >= 4 is 27.3 Å². The van der Waals surface area contributed by atoms with Crippen LogP contribution in [-0.4, -0.2) is 9.85 Å². The van der Waals surface area contributed by atoms with E-state index in [2.05, 4.69) is 59.7 Å². The largest absolute Gasteiger partial charge is 0.278 e. The molecule has 0 saturated heterocycles. The fourth-order valence-electron chi connectivity index (χ4n) is 7.86. The van der Waals surface area contributed by atoms with Crippen molar-refractivity contribution in [2.75, 3.05) is 0 Å². The summed E-state index contributed by atoms with van der Waals surface area (Å²) in [6.45, 7) is 4.34. The zero-order valence-corrected chi connectivity index (χ0v) is 42.5. The van der Waals surface area contributed by atoms with Crippen LogP contribution in [0.5, 0.6) is 0 Å². The number of benzene rings is 8. The maximum Gasteiger partial charge on any atom is 0.278 e. The van der Waals surface area contributed by atoms with Gasteiger partial charge >= 0.3 is 0 Å². The summed E-state index contributed by atoms with van der Waals surface area (Å²) >= 11 is 3.28. The first-order valence-electron chi connectivity index (χ1n) is 24.0. The summed E-state index contributed by atoms with van der Waals surface area (Å²) in [5, 5.41) is 23.0. The molecule has 380 valence electrons. The molecule has 0 aliphatic carbocycles.